The van der Waals surface area contributed by atoms with E-state index in [2.05, 4.69) is 15.9 Å². The van der Waals surface area contributed by atoms with Crippen LogP contribution in [0.3, 0.4) is 0 Å². The van der Waals surface area contributed by atoms with Gasteiger partial charge in [0.25, 0.3) is 0 Å². The molecule has 0 bridgehead atoms. The number of aryl methyl sites for hydroxylation is 1. The van der Waals surface area contributed by atoms with E-state index in [1.165, 1.54) is 12.1 Å². The van der Waals surface area contributed by atoms with Crippen molar-refractivity contribution in [2.75, 3.05) is 0 Å². The molecule has 0 aliphatic rings. The first kappa shape index (κ1) is 15.3. The molecule has 2 rings (SSSR count). The first-order valence-corrected chi connectivity index (χ1v) is 7.23. The molecule has 0 heterocycles. The summed E-state index contributed by atoms with van der Waals surface area (Å²) in [7, 11) is 0. The molecule has 0 aliphatic carbocycles. The molecule has 106 valence electrons. The van der Waals surface area contributed by atoms with Gasteiger partial charge in [0, 0.05) is 5.02 Å². The Labute approximate surface area is 129 Å². The molecule has 0 spiro atoms. The molecule has 5 heteroatoms. The molecular formula is C15H12BrClF2O. The number of hydrogen-bond acceptors (Lipinski definition) is 1. The van der Waals surface area contributed by atoms with E-state index >= 15 is 0 Å². The minimum absolute atomic E-state index is 0.104. The molecule has 0 saturated heterocycles. The van der Waals surface area contributed by atoms with Crippen LogP contribution in [0, 0.1) is 11.6 Å². The van der Waals surface area contributed by atoms with Crippen LogP contribution in [0.25, 0.3) is 0 Å². The summed E-state index contributed by atoms with van der Waals surface area (Å²) in [5.74, 6) is -0.741. The van der Waals surface area contributed by atoms with Crippen molar-refractivity contribution in [1.29, 1.82) is 0 Å². The lowest BCUT2D eigenvalue weighted by molar-refractivity contribution is 0.292. The highest BCUT2D eigenvalue weighted by atomic mass is 79.9. The highest BCUT2D eigenvalue weighted by Crippen LogP contribution is 2.25. The summed E-state index contributed by atoms with van der Waals surface area (Å²) in [6.07, 6.45) is 0.760. The maximum absolute atomic E-state index is 13.8. The van der Waals surface area contributed by atoms with Crippen molar-refractivity contribution in [1.82, 2.24) is 0 Å². The molecule has 0 N–H and O–H groups in total. The fourth-order valence-corrected chi connectivity index (χ4v) is 2.39. The molecule has 0 aliphatic heterocycles. The second kappa shape index (κ2) is 6.55. The van der Waals surface area contributed by atoms with E-state index in [-0.39, 0.29) is 16.6 Å². The highest BCUT2D eigenvalue weighted by Gasteiger charge is 2.13. The SMILES string of the molecule is CCc1cc(OCc2c(F)ccc(Br)c2F)ccc1Cl. The topological polar surface area (TPSA) is 9.23 Å². The van der Waals surface area contributed by atoms with E-state index in [0.717, 1.165) is 12.0 Å². The van der Waals surface area contributed by atoms with E-state index in [4.69, 9.17) is 16.3 Å². The first-order valence-electron chi connectivity index (χ1n) is 6.06. The minimum Gasteiger partial charge on any atom is -0.489 e. The fraction of sp³-hybridized carbons (Fsp3) is 0.200. The van der Waals surface area contributed by atoms with Gasteiger partial charge in [0.15, 0.2) is 0 Å². The Balaban J connectivity index is 2.19. The van der Waals surface area contributed by atoms with Crippen molar-refractivity contribution < 1.29 is 13.5 Å². The molecule has 2 aromatic carbocycles. The average molecular weight is 362 g/mol. The number of halogens is 4. The van der Waals surface area contributed by atoms with Crippen LogP contribution >= 0.6 is 27.5 Å². The molecule has 0 atom stereocenters. The second-order valence-corrected chi connectivity index (χ2v) is 5.48. The molecule has 2 aromatic rings. The molecule has 0 aromatic heterocycles. The van der Waals surface area contributed by atoms with Gasteiger partial charge in [-0.2, -0.15) is 0 Å². The largest absolute Gasteiger partial charge is 0.489 e. The van der Waals surface area contributed by atoms with E-state index in [0.29, 0.717) is 10.8 Å². The van der Waals surface area contributed by atoms with Gasteiger partial charge in [-0.15, -0.1) is 0 Å². The van der Waals surface area contributed by atoms with Crippen LogP contribution in [0.2, 0.25) is 5.02 Å². The van der Waals surface area contributed by atoms with Crippen LogP contribution in [0.1, 0.15) is 18.1 Å². The van der Waals surface area contributed by atoms with Gasteiger partial charge >= 0.3 is 0 Å². The smallest absolute Gasteiger partial charge is 0.146 e. The number of ether oxygens (including phenoxy) is 1. The maximum Gasteiger partial charge on any atom is 0.146 e. The zero-order chi connectivity index (χ0) is 14.7. The number of benzene rings is 2. The van der Waals surface area contributed by atoms with Crippen molar-refractivity contribution >= 4 is 27.5 Å². The summed E-state index contributed by atoms with van der Waals surface area (Å²) < 4.78 is 33.0. The van der Waals surface area contributed by atoms with Crippen LogP contribution in [-0.4, -0.2) is 0 Å². The van der Waals surface area contributed by atoms with Gasteiger partial charge in [-0.3, -0.25) is 0 Å². The average Bonchev–Trinajstić information content (AvgIpc) is 2.44. The molecule has 0 unspecified atom stereocenters. The molecule has 0 radical (unpaired) electrons. The zero-order valence-electron chi connectivity index (χ0n) is 10.7. The Morgan fingerprint density at radius 2 is 1.95 bits per heavy atom. The molecule has 0 fully saturated rings. The summed E-state index contributed by atoms with van der Waals surface area (Å²) in [5.41, 5.74) is 0.826. The zero-order valence-corrected chi connectivity index (χ0v) is 13.1. The van der Waals surface area contributed by atoms with Crippen molar-refractivity contribution in [2.24, 2.45) is 0 Å². The quantitative estimate of drug-likeness (QED) is 0.651. The summed E-state index contributed by atoms with van der Waals surface area (Å²) in [5, 5.41) is 0.652. The summed E-state index contributed by atoms with van der Waals surface area (Å²) in [4.78, 5) is 0. The van der Waals surface area contributed by atoms with Gasteiger partial charge in [0.1, 0.15) is 24.0 Å². The number of hydrogen-bond donors (Lipinski definition) is 0. The van der Waals surface area contributed by atoms with Crippen molar-refractivity contribution in [3.8, 4) is 5.75 Å². The Kier molecular flexibility index (Phi) is 5.00. The van der Waals surface area contributed by atoms with Gasteiger partial charge in [-0.1, -0.05) is 18.5 Å². The Hall–Kier alpha value is -1.13. The van der Waals surface area contributed by atoms with Crippen LogP contribution in [0.4, 0.5) is 8.78 Å². The highest BCUT2D eigenvalue weighted by molar-refractivity contribution is 9.10. The Bertz CT molecular complexity index is 632. The second-order valence-electron chi connectivity index (χ2n) is 4.22. The summed E-state index contributed by atoms with van der Waals surface area (Å²) in [6, 6.07) is 7.69. The van der Waals surface area contributed by atoms with Crippen molar-refractivity contribution in [3.05, 3.63) is 62.6 Å². The number of rotatable bonds is 4. The van der Waals surface area contributed by atoms with Gasteiger partial charge in [0.05, 0.1) is 10.0 Å². The predicted molar refractivity (Wildman–Crippen MR) is 79.2 cm³/mol. The maximum atomic E-state index is 13.8. The molecule has 0 amide bonds. The standard InChI is InChI=1S/C15H12BrClF2O/c1-2-9-7-10(3-5-13(9)17)20-8-11-14(18)6-4-12(16)15(11)19/h3-7H,2,8H2,1H3. The molecule has 0 saturated carbocycles. The molecule has 20 heavy (non-hydrogen) atoms. The monoisotopic (exact) mass is 360 g/mol. The first-order chi connectivity index (χ1) is 9.52. The van der Waals surface area contributed by atoms with Crippen LogP contribution in [0.15, 0.2) is 34.8 Å². The minimum atomic E-state index is -0.644. The van der Waals surface area contributed by atoms with E-state index in [9.17, 15) is 8.78 Å². The summed E-state index contributed by atoms with van der Waals surface area (Å²) in [6.45, 7) is 1.79. The Morgan fingerprint density at radius 3 is 2.65 bits per heavy atom. The molecular weight excluding hydrogens is 350 g/mol. The van der Waals surface area contributed by atoms with E-state index in [1.54, 1.807) is 18.2 Å². The van der Waals surface area contributed by atoms with E-state index < -0.39 is 11.6 Å². The lowest BCUT2D eigenvalue weighted by Gasteiger charge is -2.10. The molecule has 1 nitrogen and oxygen atoms in total. The normalized spacial score (nSPS) is 10.7. The third kappa shape index (κ3) is 3.30. The van der Waals surface area contributed by atoms with Gasteiger partial charge in [0.2, 0.25) is 0 Å². The fourth-order valence-electron chi connectivity index (χ4n) is 1.77. The lowest BCUT2D eigenvalue weighted by Crippen LogP contribution is -2.03. The summed E-state index contributed by atoms with van der Waals surface area (Å²) >= 11 is 9.03. The van der Waals surface area contributed by atoms with Crippen LogP contribution < -0.4 is 4.74 Å². The van der Waals surface area contributed by atoms with Gasteiger partial charge in [-0.25, -0.2) is 8.78 Å². The van der Waals surface area contributed by atoms with Crippen molar-refractivity contribution in [3.63, 3.8) is 0 Å². The third-order valence-corrected chi connectivity index (χ3v) is 3.90. The van der Waals surface area contributed by atoms with Gasteiger partial charge < -0.3 is 4.74 Å². The van der Waals surface area contributed by atoms with Crippen LogP contribution in [-0.2, 0) is 13.0 Å². The predicted octanol–water partition coefficient (Wildman–Crippen LogP) is 5.52. The van der Waals surface area contributed by atoms with Crippen LogP contribution in [0.5, 0.6) is 5.75 Å². The Morgan fingerprint density at radius 1 is 1.20 bits per heavy atom. The third-order valence-electron chi connectivity index (χ3n) is 2.92. The van der Waals surface area contributed by atoms with Crippen molar-refractivity contribution in [2.45, 2.75) is 20.0 Å². The lowest BCUT2D eigenvalue weighted by atomic mass is 10.1. The van der Waals surface area contributed by atoms with E-state index in [1.807, 2.05) is 6.92 Å². The van der Waals surface area contributed by atoms with Gasteiger partial charge in [-0.05, 0) is 58.2 Å².